The average molecular weight is 518 g/mol. The summed E-state index contributed by atoms with van der Waals surface area (Å²) in [5, 5.41) is 5.50. The number of halogens is 2. The minimum atomic E-state index is -0.309. The maximum atomic E-state index is 6.11. The lowest BCUT2D eigenvalue weighted by molar-refractivity contribution is -0.0839. The Bertz CT molecular complexity index is 1130. The van der Waals surface area contributed by atoms with Gasteiger partial charge in [-0.2, -0.15) is 5.10 Å². The number of rotatable bonds is 10. The van der Waals surface area contributed by atoms with Crippen LogP contribution in [0.2, 0.25) is 10.0 Å². The normalized spacial score (nSPS) is 15.8. The first kappa shape index (κ1) is 25.8. The van der Waals surface area contributed by atoms with Crippen molar-refractivity contribution in [3.05, 3.63) is 75.5 Å². The van der Waals surface area contributed by atoms with Crippen molar-refractivity contribution in [2.45, 2.75) is 45.4 Å². The van der Waals surface area contributed by atoms with E-state index in [-0.39, 0.29) is 5.60 Å². The third kappa shape index (κ3) is 6.91. The van der Waals surface area contributed by atoms with Crippen molar-refractivity contribution in [3.8, 4) is 11.5 Å². The Labute approximate surface area is 217 Å². The van der Waals surface area contributed by atoms with Crippen molar-refractivity contribution < 1.29 is 14.2 Å². The summed E-state index contributed by atoms with van der Waals surface area (Å²) in [4.78, 5) is 2.45. The van der Waals surface area contributed by atoms with Crippen LogP contribution >= 0.6 is 23.2 Å². The van der Waals surface area contributed by atoms with Gasteiger partial charge in [-0.15, -0.1) is 0 Å². The highest BCUT2D eigenvalue weighted by Gasteiger charge is 2.35. The Kier molecular flexibility index (Phi) is 8.60. The molecule has 0 atom stereocenters. The van der Waals surface area contributed by atoms with E-state index >= 15 is 0 Å². The molecule has 2 aromatic carbocycles. The van der Waals surface area contributed by atoms with Gasteiger partial charge in [0.2, 0.25) is 0 Å². The summed E-state index contributed by atoms with van der Waals surface area (Å²) >= 11 is 12.1. The van der Waals surface area contributed by atoms with Gasteiger partial charge < -0.3 is 14.2 Å². The first-order valence-corrected chi connectivity index (χ1v) is 12.7. The second-order valence-electron chi connectivity index (χ2n) is 9.17. The fraction of sp³-hybridized carbons (Fsp3) is 0.444. The van der Waals surface area contributed by atoms with E-state index in [1.54, 1.807) is 19.2 Å². The number of likely N-dealkylation sites (tertiary alicyclic amines) is 1. The van der Waals surface area contributed by atoms with Crippen LogP contribution in [0.4, 0.5) is 0 Å². The molecule has 1 saturated heterocycles. The molecule has 0 spiro atoms. The predicted octanol–water partition coefficient (Wildman–Crippen LogP) is 5.95. The van der Waals surface area contributed by atoms with Crippen LogP contribution in [0.25, 0.3) is 0 Å². The topological polar surface area (TPSA) is 48.8 Å². The van der Waals surface area contributed by atoms with Crippen molar-refractivity contribution in [2.24, 2.45) is 0 Å². The lowest BCUT2D eigenvalue weighted by Gasteiger charge is -2.40. The molecule has 2 heterocycles. The summed E-state index contributed by atoms with van der Waals surface area (Å²) in [5.41, 5.74) is 3.12. The SMILES string of the molecule is COC1(COc2ccc(Cl)c(Cl)c2)CCN(Cc2cccc(OCCn3nc(C)cc3C)c2)CC1. The summed E-state index contributed by atoms with van der Waals surface area (Å²) in [5.74, 6) is 1.59. The predicted molar refractivity (Wildman–Crippen MR) is 140 cm³/mol. The van der Waals surface area contributed by atoms with E-state index in [4.69, 9.17) is 37.4 Å². The second kappa shape index (κ2) is 11.7. The molecule has 0 bridgehead atoms. The van der Waals surface area contributed by atoms with Gasteiger partial charge in [-0.3, -0.25) is 9.58 Å². The van der Waals surface area contributed by atoms with Gasteiger partial charge in [0.05, 0.1) is 22.3 Å². The van der Waals surface area contributed by atoms with Gasteiger partial charge >= 0.3 is 0 Å². The van der Waals surface area contributed by atoms with Gasteiger partial charge in [-0.25, -0.2) is 0 Å². The molecule has 4 rings (SSSR count). The Balaban J connectivity index is 1.26. The molecule has 35 heavy (non-hydrogen) atoms. The molecule has 0 N–H and O–H groups in total. The molecule has 0 radical (unpaired) electrons. The molecule has 1 fully saturated rings. The molecule has 0 saturated carbocycles. The number of piperidine rings is 1. The largest absolute Gasteiger partial charge is 0.492 e. The summed E-state index contributed by atoms with van der Waals surface area (Å²) in [6, 6.07) is 15.8. The molecule has 1 aliphatic rings. The third-order valence-electron chi connectivity index (χ3n) is 6.57. The first-order valence-electron chi connectivity index (χ1n) is 11.9. The molecule has 0 unspecified atom stereocenters. The Hall–Kier alpha value is -2.25. The van der Waals surface area contributed by atoms with Crippen LogP contribution in [0, 0.1) is 13.8 Å². The van der Waals surface area contributed by atoms with Crippen molar-refractivity contribution in [2.75, 3.05) is 33.4 Å². The number of aromatic nitrogens is 2. The maximum Gasteiger partial charge on any atom is 0.121 e. The van der Waals surface area contributed by atoms with Crippen molar-refractivity contribution in [1.29, 1.82) is 0 Å². The van der Waals surface area contributed by atoms with E-state index in [0.717, 1.165) is 56.2 Å². The van der Waals surface area contributed by atoms with Crippen LogP contribution in [-0.4, -0.2) is 53.7 Å². The van der Waals surface area contributed by atoms with Crippen LogP contribution in [0.3, 0.4) is 0 Å². The minimum Gasteiger partial charge on any atom is -0.492 e. The number of aryl methyl sites for hydroxylation is 2. The third-order valence-corrected chi connectivity index (χ3v) is 7.31. The Morgan fingerprint density at radius 3 is 2.40 bits per heavy atom. The number of hydrogen-bond donors (Lipinski definition) is 0. The number of ether oxygens (including phenoxy) is 3. The van der Waals surface area contributed by atoms with Gasteiger partial charge in [0.15, 0.2) is 0 Å². The first-order chi connectivity index (χ1) is 16.9. The molecule has 1 aliphatic heterocycles. The zero-order valence-corrected chi connectivity index (χ0v) is 22.1. The number of hydrogen-bond acceptors (Lipinski definition) is 5. The minimum absolute atomic E-state index is 0.309. The number of benzene rings is 2. The average Bonchev–Trinajstić information content (AvgIpc) is 3.18. The molecule has 1 aromatic heterocycles. The summed E-state index contributed by atoms with van der Waals surface area (Å²) in [6.07, 6.45) is 1.79. The van der Waals surface area contributed by atoms with Crippen LogP contribution in [-0.2, 0) is 17.8 Å². The molecule has 8 heteroatoms. The maximum absolute atomic E-state index is 6.11. The van der Waals surface area contributed by atoms with E-state index in [9.17, 15) is 0 Å². The molecule has 6 nitrogen and oxygen atoms in total. The highest BCUT2D eigenvalue weighted by atomic mass is 35.5. The highest BCUT2D eigenvalue weighted by molar-refractivity contribution is 6.42. The molecule has 3 aromatic rings. The smallest absolute Gasteiger partial charge is 0.121 e. The second-order valence-corrected chi connectivity index (χ2v) is 9.99. The van der Waals surface area contributed by atoms with Gasteiger partial charge in [-0.1, -0.05) is 35.3 Å². The Morgan fingerprint density at radius 1 is 0.943 bits per heavy atom. The fourth-order valence-electron chi connectivity index (χ4n) is 4.45. The van der Waals surface area contributed by atoms with Crippen molar-refractivity contribution in [3.63, 3.8) is 0 Å². The Morgan fingerprint density at radius 2 is 1.71 bits per heavy atom. The summed E-state index contributed by atoms with van der Waals surface area (Å²) < 4.78 is 19.9. The van der Waals surface area contributed by atoms with E-state index in [0.29, 0.717) is 29.0 Å². The molecular formula is C27H33Cl2N3O3. The zero-order chi connectivity index (χ0) is 24.8. The van der Waals surface area contributed by atoms with Gasteiger partial charge in [-0.05, 0) is 62.6 Å². The fourth-order valence-corrected chi connectivity index (χ4v) is 4.74. The summed E-state index contributed by atoms with van der Waals surface area (Å²) in [7, 11) is 1.76. The lowest BCUT2D eigenvalue weighted by atomic mass is 9.91. The molecular weight excluding hydrogens is 485 g/mol. The van der Waals surface area contributed by atoms with Gasteiger partial charge in [0.1, 0.15) is 30.3 Å². The zero-order valence-electron chi connectivity index (χ0n) is 20.6. The standard InChI is InChI=1S/C27H33Cl2N3O3/c1-20-15-21(2)32(30-20)13-14-34-23-6-4-5-22(16-23)18-31-11-9-27(33-3,10-12-31)19-35-24-7-8-25(28)26(29)17-24/h4-8,15-17H,9-14,18-19H2,1-3H3. The molecule has 188 valence electrons. The highest BCUT2D eigenvalue weighted by Crippen LogP contribution is 2.30. The van der Waals surface area contributed by atoms with E-state index in [2.05, 4.69) is 41.2 Å². The number of methoxy groups -OCH3 is 1. The van der Waals surface area contributed by atoms with E-state index in [1.807, 2.05) is 23.7 Å². The molecule has 0 aliphatic carbocycles. The van der Waals surface area contributed by atoms with Crippen molar-refractivity contribution >= 4 is 23.2 Å². The van der Waals surface area contributed by atoms with Crippen molar-refractivity contribution in [1.82, 2.24) is 14.7 Å². The van der Waals surface area contributed by atoms with E-state index in [1.165, 1.54) is 5.56 Å². The van der Waals surface area contributed by atoms with Gasteiger partial charge in [0, 0.05) is 38.5 Å². The lowest BCUT2D eigenvalue weighted by Crippen LogP contribution is -2.48. The van der Waals surface area contributed by atoms with Crippen LogP contribution < -0.4 is 9.47 Å². The monoisotopic (exact) mass is 517 g/mol. The summed E-state index contributed by atoms with van der Waals surface area (Å²) in [6.45, 7) is 8.62. The van der Waals surface area contributed by atoms with Gasteiger partial charge in [0.25, 0.3) is 0 Å². The molecule has 0 amide bonds. The van der Waals surface area contributed by atoms with Crippen LogP contribution in [0.1, 0.15) is 29.8 Å². The quantitative estimate of drug-likeness (QED) is 0.332. The number of nitrogens with zero attached hydrogens (tertiary/aromatic N) is 3. The van der Waals surface area contributed by atoms with Crippen LogP contribution in [0.15, 0.2) is 48.5 Å². The van der Waals surface area contributed by atoms with Crippen LogP contribution in [0.5, 0.6) is 11.5 Å². The van der Waals surface area contributed by atoms with E-state index < -0.39 is 0 Å².